The minimum absolute atomic E-state index is 0.210. The molecule has 0 aliphatic rings. The van der Waals surface area contributed by atoms with Crippen molar-refractivity contribution in [3.8, 4) is 0 Å². The maximum absolute atomic E-state index is 12.0. The first-order valence-electron chi connectivity index (χ1n) is 5.33. The minimum Gasteiger partial charge on any atom is -0.352 e. The summed E-state index contributed by atoms with van der Waals surface area (Å²) >= 11 is 8.48. The molecule has 0 saturated carbocycles. The van der Waals surface area contributed by atoms with E-state index in [9.17, 15) is 4.79 Å². The van der Waals surface area contributed by atoms with Gasteiger partial charge in [-0.1, -0.05) is 28.1 Å². The summed E-state index contributed by atoms with van der Waals surface area (Å²) < 4.78 is 1.45. The SMILES string of the molecule is Cc1cc(NC(=O)c2ccc[nH]c2=S)ccc1Br. The van der Waals surface area contributed by atoms with Gasteiger partial charge in [-0.15, -0.1) is 0 Å². The van der Waals surface area contributed by atoms with Gasteiger partial charge in [0.25, 0.3) is 5.91 Å². The van der Waals surface area contributed by atoms with E-state index in [0.717, 1.165) is 15.7 Å². The van der Waals surface area contributed by atoms with Gasteiger partial charge in [0.15, 0.2) is 0 Å². The molecule has 18 heavy (non-hydrogen) atoms. The highest BCUT2D eigenvalue weighted by atomic mass is 79.9. The maximum Gasteiger partial charge on any atom is 0.258 e. The summed E-state index contributed by atoms with van der Waals surface area (Å²) in [4.78, 5) is 14.9. The molecule has 0 aliphatic heterocycles. The van der Waals surface area contributed by atoms with Gasteiger partial charge in [0, 0.05) is 16.4 Å². The highest BCUT2D eigenvalue weighted by Crippen LogP contribution is 2.20. The Morgan fingerprint density at radius 1 is 1.39 bits per heavy atom. The van der Waals surface area contributed by atoms with Gasteiger partial charge >= 0.3 is 0 Å². The quantitative estimate of drug-likeness (QED) is 0.819. The predicted octanol–water partition coefficient (Wildman–Crippen LogP) is 4.07. The fraction of sp³-hybridized carbons (Fsp3) is 0.0769. The number of aromatic nitrogens is 1. The third-order valence-electron chi connectivity index (χ3n) is 2.48. The highest BCUT2D eigenvalue weighted by Gasteiger charge is 2.08. The number of hydrogen-bond donors (Lipinski definition) is 2. The fourth-order valence-electron chi connectivity index (χ4n) is 1.52. The number of H-pyrrole nitrogens is 1. The number of carbonyl (C=O) groups excluding carboxylic acids is 1. The number of pyridine rings is 1. The molecule has 2 rings (SSSR count). The molecular formula is C13H11BrN2OS. The zero-order valence-electron chi connectivity index (χ0n) is 9.66. The summed E-state index contributed by atoms with van der Waals surface area (Å²) in [5.41, 5.74) is 2.28. The third kappa shape index (κ3) is 2.86. The molecule has 92 valence electrons. The molecule has 2 N–H and O–H groups in total. The standard InChI is InChI=1S/C13H11BrN2OS/c1-8-7-9(4-5-11(8)14)16-12(17)10-3-2-6-15-13(10)18/h2-7H,1H3,(H,15,18)(H,16,17). The minimum atomic E-state index is -0.210. The van der Waals surface area contributed by atoms with Crippen LogP contribution in [0, 0.1) is 11.6 Å². The zero-order valence-corrected chi connectivity index (χ0v) is 12.1. The first-order chi connectivity index (χ1) is 8.58. The summed E-state index contributed by atoms with van der Waals surface area (Å²) in [5.74, 6) is -0.210. The number of nitrogens with one attached hydrogen (secondary N) is 2. The van der Waals surface area contributed by atoms with Crippen molar-refractivity contribution in [2.75, 3.05) is 5.32 Å². The number of carbonyl (C=O) groups is 1. The van der Waals surface area contributed by atoms with Crippen molar-refractivity contribution in [1.82, 2.24) is 4.98 Å². The Morgan fingerprint density at radius 3 is 2.83 bits per heavy atom. The molecule has 0 unspecified atom stereocenters. The Balaban J connectivity index is 2.24. The molecule has 0 saturated heterocycles. The predicted molar refractivity (Wildman–Crippen MR) is 78.5 cm³/mol. The molecule has 0 bridgehead atoms. The Hall–Kier alpha value is -1.46. The van der Waals surface area contributed by atoms with Crippen LogP contribution < -0.4 is 5.32 Å². The Kier molecular flexibility index (Phi) is 3.93. The van der Waals surface area contributed by atoms with Crippen LogP contribution in [-0.4, -0.2) is 10.9 Å². The van der Waals surface area contributed by atoms with E-state index in [1.54, 1.807) is 18.3 Å². The van der Waals surface area contributed by atoms with Gasteiger partial charge < -0.3 is 10.3 Å². The van der Waals surface area contributed by atoms with Crippen LogP contribution in [0.15, 0.2) is 41.0 Å². The van der Waals surface area contributed by atoms with Crippen molar-refractivity contribution < 1.29 is 4.79 Å². The van der Waals surface area contributed by atoms with E-state index in [1.165, 1.54) is 0 Å². The van der Waals surface area contributed by atoms with Crippen LogP contribution in [0.2, 0.25) is 0 Å². The summed E-state index contributed by atoms with van der Waals surface area (Å²) in [7, 11) is 0. The number of anilines is 1. The number of aryl methyl sites for hydroxylation is 1. The zero-order chi connectivity index (χ0) is 13.1. The lowest BCUT2D eigenvalue weighted by atomic mass is 10.2. The first kappa shape index (κ1) is 13.0. The van der Waals surface area contributed by atoms with Crippen molar-refractivity contribution in [2.24, 2.45) is 0 Å². The van der Waals surface area contributed by atoms with E-state index >= 15 is 0 Å². The molecule has 0 radical (unpaired) electrons. The number of benzene rings is 1. The van der Waals surface area contributed by atoms with Crippen molar-refractivity contribution in [1.29, 1.82) is 0 Å². The number of aromatic amines is 1. The molecule has 5 heteroatoms. The van der Waals surface area contributed by atoms with Crippen LogP contribution >= 0.6 is 28.1 Å². The van der Waals surface area contributed by atoms with Gasteiger partial charge in [-0.25, -0.2) is 0 Å². The van der Waals surface area contributed by atoms with Gasteiger partial charge in [0.05, 0.1) is 5.56 Å². The lowest BCUT2D eigenvalue weighted by Crippen LogP contribution is -2.12. The van der Waals surface area contributed by atoms with Crippen LogP contribution in [0.3, 0.4) is 0 Å². The molecular weight excluding hydrogens is 312 g/mol. The Morgan fingerprint density at radius 2 is 2.17 bits per heavy atom. The average molecular weight is 323 g/mol. The van der Waals surface area contributed by atoms with E-state index in [0.29, 0.717) is 10.2 Å². The van der Waals surface area contributed by atoms with Gasteiger partial charge in [0.1, 0.15) is 4.64 Å². The van der Waals surface area contributed by atoms with Crippen LogP contribution in [0.1, 0.15) is 15.9 Å². The molecule has 1 amide bonds. The summed E-state index contributed by atoms with van der Waals surface area (Å²) in [6.07, 6.45) is 1.70. The number of amides is 1. The van der Waals surface area contributed by atoms with Gasteiger partial charge in [0.2, 0.25) is 0 Å². The Bertz CT molecular complexity index is 651. The summed E-state index contributed by atoms with van der Waals surface area (Å²) in [6.45, 7) is 1.97. The fourth-order valence-corrected chi connectivity index (χ4v) is 2.00. The van der Waals surface area contributed by atoms with E-state index in [1.807, 2.05) is 25.1 Å². The number of halogens is 1. The molecule has 0 aliphatic carbocycles. The van der Waals surface area contributed by atoms with Crippen LogP contribution in [0.5, 0.6) is 0 Å². The van der Waals surface area contributed by atoms with Gasteiger partial charge in [-0.2, -0.15) is 0 Å². The molecule has 3 nitrogen and oxygen atoms in total. The molecule has 1 aromatic heterocycles. The largest absolute Gasteiger partial charge is 0.352 e. The lowest BCUT2D eigenvalue weighted by Gasteiger charge is -2.07. The Labute approximate surface area is 118 Å². The van der Waals surface area contributed by atoms with E-state index in [4.69, 9.17) is 12.2 Å². The number of rotatable bonds is 2. The van der Waals surface area contributed by atoms with Crippen LogP contribution in [0.25, 0.3) is 0 Å². The second-order valence-electron chi connectivity index (χ2n) is 3.83. The maximum atomic E-state index is 12.0. The van der Waals surface area contributed by atoms with E-state index in [-0.39, 0.29) is 5.91 Å². The van der Waals surface area contributed by atoms with Crippen molar-refractivity contribution in [3.05, 3.63) is 56.8 Å². The lowest BCUT2D eigenvalue weighted by molar-refractivity contribution is 0.102. The van der Waals surface area contributed by atoms with Gasteiger partial charge in [-0.3, -0.25) is 4.79 Å². The smallest absolute Gasteiger partial charge is 0.258 e. The topological polar surface area (TPSA) is 44.9 Å². The van der Waals surface area contributed by atoms with E-state index in [2.05, 4.69) is 26.2 Å². The second-order valence-corrected chi connectivity index (χ2v) is 5.09. The highest BCUT2D eigenvalue weighted by molar-refractivity contribution is 9.10. The van der Waals surface area contributed by atoms with Gasteiger partial charge in [-0.05, 0) is 42.8 Å². The summed E-state index contributed by atoms with van der Waals surface area (Å²) in [5, 5.41) is 2.82. The van der Waals surface area contributed by atoms with Crippen LogP contribution in [-0.2, 0) is 0 Å². The molecule has 0 spiro atoms. The van der Waals surface area contributed by atoms with Crippen LogP contribution in [0.4, 0.5) is 5.69 Å². The summed E-state index contributed by atoms with van der Waals surface area (Å²) in [6, 6.07) is 9.08. The normalized spacial score (nSPS) is 10.1. The van der Waals surface area contributed by atoms with Crippen molar-refractivity contribution in [2.45, 2.75) is 6.92 Å². The molecule has 0 fully saturated rings. The third-order valence-corrected chi connectivity index (χ3v) is 3.71. The molecule has 2 aromatic rings. The molecule has 1 aromatic carbocycles. The van der Waals surface area contributed by atoms with Crippen molar-refractivity contribution in [3.63, 3.8) is 0 Å². The second kappa shape index (κ2) is 5.46. The first-order valence-corrected chi connectivity index (χ1v) is 6.53. The average Bonchev–Trinajstić information content (AvgIpc) is 2.34. The monoisotopic (exact) mass is 322 g/mol. The van der Waals surface area contributed by atoms with Crippen molar-refractivity contribution >= 4 is 39.7 Å². The molecule has 0 atom stereocenters. The van der Waals surface area contributed by atoms with E-state index < -0.39 is 0 Å². The molecule has 1 heterocycles. The number of hydrogen-bond acceptors (Lipinski definition) is 2.